The Balaban J connectivity index is 1.74. The smallest absolute Gasteiger partial charge is 0.322 e. The van der Waals surface area contributed by atoms with Gasteiger partial charge < -0.3 is 21.5 Å². The van der Waals surface area contributed by atoms with Gasteiger partial charge in [-0.1, -0.05) is 12.1 Å². The molecule has 6 N–H and O–H groups in total. The van der Waals surface area contributed by atoms with Crippen LogP contribution in [0.25, 0.3) is 0 Å². The van der Waals surface area contributed by atoms with Gasteiger partial charge in [-0.2, -0.15) is 0 Å². The molecule has 1 heterocycles. The number of amides is 2. The van der Waals surface area contributed by atoms with E-state index in [0.717, 1.165) is 34.7 Å². The van der Waals surface area contributed by atoms with E-state index in [2.05, 4.69) is 20.6 Å². The average molecular weight is 391 g/mol. The van der Waals surface area contributed by atoms with E-state index < -0.39 is 6.03 Å². The number of carbonyl (C=O) groups is 1. The van der Waals surface area contributed by atoms with Crippen molar-refractivity contribution in [1.29, 1.82) is 0 Å². The first-order valence-electron chi connectivity index (χ1n) is 8.62. The number of nitrogen functional groups attached to an aromatic ring is 1. The van der Waals surface area contributed by atoms with Gasteiger partial charge in [-0.15, -0.1) is 11.3 Å². The fourth-order valence-electron chi connectivity index (χ4n) is 2.49. The van der Waals surface area contributed by atoms with Crippen LogP contribution in [0.1, 0.15) is 35.5 Å². The van der Waals surface area contributed by atoms with Crippen molar-refractivity contribution in [1.82, 2.24) is 15.6 Å². The first-order chi connectivity index (χ1) is 12.9. The molecule has 1 aromatic carbocycles. The standard InChI is InChI=1S/C18H26N6O2S/c1-11(13-6-8-14(26-3)9-7-13)23-18(25)24-16(19)21-10-4-5-15-12(2)22-17(20)27-15/h6-9,11H,4-5,10H2,1-3H3,(H2,20,22)(H4,19,21,23,24,25). The minimum atomic E-state index is -0.398. The number of nitrogens with zero attached hydrogens (tertiary/aromatic N) is 2. The highest BCUT2D eigenvalue weighted by Crippen LogP contribution is 2.21. The molecule has 0 saturated heterocycles. The van der Waals surface area contributed by atoms with E-state index in [1.807, 2.05) is 38.1 Å². The number of nitrogens with two attached hydrogens (primary N) is 2. The Morgan fingerprint density at radius 2 is 2.07 bits per heavy atom. The fraction of sp³-hybridized carbons (Fsp3) is 0.389. The van der Waals surface area contributed by atoms with Crippen LogP contribution in [0.4, 0.5) is 9.93 Å². The van der Waals surface area contributed by atoms with E-state index in [9.17, 15) is 4.79 Å². The van der Waals surface area contributed by atoms with Gasteiger partial charge in [0.25, 0.3) is 0 Å². The Morgan fingerprint density at radius 1 is 1.37 bits per heavy atom. The Kier molecular flexibility index (Phi) is 7.42. The lowest BCUT2D eigenvalue weighted by Crippen LogP contribution is -2.44. The van der Waals surface area contributed by atoms with Gasteiger partial charge in [0.15, 0.2) is 11.1 Å². The van der Waals surface area contributed by atoms with Gasteiger partial charge in [0.2, 0.25) is 0 Å². The lowest BCUT2D eigenvalue weighted by molar-refractivity contribution is 0.242. The molecule has 2 rings (SSSR count). The molecular formula is C18H26N6O2S. The first-order valence-corrected chi connectivity index (χ1v) is 9.44. The molecule has 2 amide bonds. The zero-order valence-corrected chi connectivity index (χ0v) is 16.6. The molecule has 0 fully saturated rings. The fourth-order valence-corrected chi connectivity index (χ4v) is 3.36. The molecule has 0 radical (unpaired) electrons. The molecule has 146 valence electrons. The third-order valence-electron chi connectivity index (χ3n) is 3.96. The van der Waals surface area contributed by atoms with E-state index in [4.69, 9.17) is 16.2 Å². The van der Waals surface area contributed by atoms with Gasteiger partial charge in [0.05, 0.1) is 18.8 Å². The molecule has 1 atom stereocenters. The van der Waals surface area contributed by atoms with Crippen molar-refractivity contribution in [3.63, 3.8) is 0 Å². The first kappa shape index (κ1) is 20.5. The third kappa shape index (κ3) is 6.45. The van der Waals surface area contributed by atoms with Crippen LogP contribution in [-0.2, 0) is 6.42 Å². The normalized spacial score (nSPS) is 12.5. The van der Waals surface area contributed by atoms with Crippen molar-refractivity contribution in [3.05, 3.63) is 40.4 Å². The van der Waals surface area contributed by atoms with Gasteiger partial charge in [-0.3, -0.25) is 10.3 Å². The number of anilines is 1. The summed E-state index contributed by atoms with van der Waals surface area (Å²) in [5.74, 6) is 0.859. The number of aliphatic imine (C=N–C) groups is 1. The Bertz CT molecular complexity index is 788. The summed E-state index contributed by atoms with van der Waals surface area (Å²) in [6.07, 6.45) is 1.63. The lowest BCUT2D eigenvalue weighted by Gasteiger charge is -2.15. The molecule has 0 aliphatic rings. The Labute approximate surface area is 163 Å². The van der Waals surface area contributed by atoms with E-state index >= 15 is 0 Å². The molecule has 2 aromatic rings. The van der Waals surface area contributed by atoms with Gasteiger partial charge in [-0.05, 0) is 44.4 Å². The van der Waals surface area contributed by atoms with E-state index in [1.54, 1.807) is 7.11 Å². The summed E-state index contributed by atoms with van der Waals surface area (Å²) in [6, 6.07) is 6.92. The number of nitrogens with one attached hydrogen (secondary N) is 2. The second kappa shape index (κ2) is 9.77. The third-order valence-corrected chi connectivity index (χ3v) is 5.00. The van der Waals surface area contributed by atoms with Crippen molar-refractivity contribution < 1.29 is 9.53 Å². The van der Waals surface area contributed by atoms with Crippen LogP contribution in [0.3, 0.4) is 0 Å². The summed E-state index contributed by atoms with van der Waals surface area (Å²) in [5.41, 5.74) is 13.4. The summed E-state index contributed by atoms with van der Waals surface area (Å²) in [7, 11) is 1.61. The number of aromatic nitrogens is 1. The molecule has 0 saturated carbocycles. The number of benzene rings is 1. The van der Waals surface area contributed by atoms with Crippen LogP contribution in [0, 0.1) is 6.92 Å². The second-order valence-corrected chi connectivity index (χ2v) is 7.14. The maximum absolute atomic E-state index is 12.0. The highest BCUT2D eigenvalue weighted by atomic mass is 32.1. The number of guanidine groups is 1. The Morgan fingerprint density at radius 3 is 2.67 bits per heavy atom. The van der Waals surface area contributed by atoms with Crippen molar-refractivity contribution in [2.24, 2.45) is 10.7 Å². The number of ether oxygens (including phenoxy) is 1. The van der Waals surface area contributed by atoms with E-state index in [0.29, 0.717) is 11.7 Å². The number of methoxy groups -OCH3 is 1. The minimum Gasteiger partial charge on any atom is -0.497 e. The lowest BCUT2D eigenvalue weighted by atomic mass is 10.1. The largest absolute Gasteiger partial charge is 0.497 e. The van der Waals surface area contributed by atoms with Crippen molar-refractivity contribution in [3.8, 4) is 5.75 Å². The quantitative estimate of drug-likeness (QED) is 0.328. The van der Waals surface area contributed by atoms with Crippen molar-refractivity contribution in [2.45, 2.75) is 32.7 Å². The number of hydrogen-bond donors (Lipinski definition) is 4. The molecule has 1 aromatic heterocycles. The van der Waals surface area contributed by atoms with E-state index in [-0.39, 0.29) is 12.0 Å². The van der Waals surface area contributed by atoms with Crippen LogP contribution >= 0.6 is 11.3 Å². The summed E-state index contributed by atoms with van der Waals surface area (Å²) < 4.78 is 5.12. The SMILES string of the molecule is COc1ccc(C(C)NC(=O)NC(N)=NCCCc2sc(N)nc2C)cc1. The predicted octanol–water partition coefficient (Wildman–Crippen LogP) is 2.35. The average Bonchev–Trinajstić information content (AvgIpc) is 2.95. The number of rotatable bonds is 7. The Hall–Kier alpha value is -2.81. The molecule has 0 bridgehead atoms. The zero-order chi connectivity index (χ0) is 19.8. The van der Waals surface area contributed by atoms with Crippen LogP contribution < -0.4 is 26.8 Å². The topological polar surface area (TPSA) is 128 Å². The molecule has 27 heavy (non-hydrogen) atoms. The van der Waals surface area contributed by atoms with Gasteiger partial charge in [0.1, 0.15) is 5.75 Å². The molecule has 0 aliphatic carbocycles. The maximum atomic E-state index is 12.0. The van der Waals surface area contributed by atoms with E-state index in [1.165, 1.54) is 11.3 Å². The van der Waals surface area contributed by atoms with Crippen LogP contribution in [0.2, 0.25) is 0 Å². The molecule has 0 aliphatic heterocycles. The van der Waals surface area contributed by atoms with Crippen LogP contribution in [-0.4, -0.2) is 30.6 Å². The monoisotopic (exact) mass is 390 g/mol. The number of aryl methyl sites for hydroxylation is 2. The molecule has 1 unspecified atom stereocenters. The molecule has 0 spiro atoms. The molecule has 9 heteroatoms. The summed E-state index contributed by atoms with van der Waals surface area (Å²) >= 11 is 1.49. The maximum Gasteiger partial charge on any atom is 0.322 e. The summed E-state index contributed by atoms with van der Waals surface area (Å²) in [6.45, 7) is 4.34. The van der Waals surface area contributed by atoms with Crippen molar-refractivity contribution in [2.75, 3.05) is 19.4 Å². The summed E-state index contributed by atoms with van der Waals surface area (Å²) in [5, 5.41) is 5.94. The van der Waals surface area contributed by atoms with Crippen LogP contribution in [0.15, 0.2) is 29.3 Å². The summed E-state index contributed by atoms with van der Waals surface area (Å²) in [4.78, 5) is 21.6. The second-order valence-electron chi connectivity index (χ2n) is 6.02. The molecular weight excluding hydrogens is 364 g/mol. The van der Waals surface area contributed by atoms with Crippen LogP contribution in [0.5, 0.6) is 5.75 Å². The highest BCUT2D eigenvalue weighted by molar-refractivity contribution is 7.15. The number of carbonyl (C=O) groups excluding carboxylic acids is 1. The minimum absolute atomic E-state index is 0.0926. The van der Waals surface area contributed by atoms with Gasteiger partial charge in [-0.25, -0.2) is 9.78 Å². The zero-order valence-electron chi connectivity index (χ0n) is 15.8. The number of urea groups is 1. The van der Waals surface area contributed by atoms with Gasteiger partial charge in [0, 0.05) is 11.4 Å². The van der Waals surface area contributed by atoms with Gasteiger partial charge >= 0.3 is 6.03 Å². The number of hydrogen-bond acceptors (Lipinski definition) is 6. The number of thiazole rings is 1. The predicted molar refractivity (Wildman–Crippen MR) is 109 cm³/mol. The van der Waals surface area contributed by atoms with Crippen molar-refractivity contribution >= 4 is 28.5 Å². The molecule has 8 nitrogen and oxygen atoms in total. The highest BCUT2D eigenvalue weighted by Gasteiger charge is 2.10.